The lowest BCUT2D eigenvalue weighted by atomic mass is 9.96. The molecule has 1 aromatic carbocycles. The van der Waals surface area contributed by atoms with Crippen LogP contribution in [0.3, 0.4) is 0 Å². The first-order chi connectivity index (χ1) is 9.98. The highest BCUT2D eigenvalue weighted by Gasteiger charge is 2.50. The minimum Gasteiger partial charge on any atom is -0.480 e. The first-order valence-corrected chi connectivity index (χ1v) is 8.76. The number of carbonyl (C=O) groups is 1. The Morgan fingerprint density at radius 3 is 2.43 bits per heavy atom. The Bertz CT molecular complexity index is 493. The molecule has 1 aliphatic rings. The van der Waals surface area contributed by atoms with Gasteiger partial charge >= 0.3 is 5.97 Å². The molecule has 0 heterocycles. The number of aliphatic carboxylic acids is 1. The molecule has 1 aliphatic carbocycles. The third kappa shape index (κ3) is 4.01. The summed E-state index contributed by atoms with van der Waals surface area (Å²) in [4.78, 5) is 11.8. The molecule has 21 heavy (non-hydrogen) atoms. The molecule has 2 rings (SSSR count). The molecule has 1 atom stereocenters. The Kier molecular flexibility index (Phi) is 5.33. The van der Waals surface area contributed by atoms with Gasteiger partial charge < -0.3 is 10.4 Å². The Balaban J connectivity index is 2.00. The van der Waals surface area contributed by atoms with E-state index < -0.39 is 11.5 Å². The monoisotopic (exact) mass is 307 g/mol. The minimum absolute atomic E-state index is 0.293. The van der Waals surface area contributed by atoms with Crippen molar-refractivity contribution in [2.24, 2.45) is 5.92 Å². The van der Waals surface area contributed by atoms with Gasteiger partial charge in [0.05, 0.1) is 0 Å². The zero-order valence-electron chi connectivity index (χ0n) is 13.1. The third-order valence-corrected chi connectivity index (χ3v) is 5.22. The van der Waals surface area contributed by atoms with Crippen LogP contribution in [0.4, 0.5) is 0 Å². The molecule has 0 saturated heterocycles. The van der Waals surface area contributed by atoms with Crippen molar-refractivity contribution < 1.29 is 9.90 Å². The summed E-state index contributed by atoms with van der Waals surface area (Å²) in [7, 11) is 0. The fraction of sp³-hybridized carbons (Fsp3) is 0.588. The molecule has 0 amide bonds. The number of rotatable bonds is 8. The van der Waals surface area contributed by atoms with Gasteiger partial charge in [-0.1, -0.05) is 36.2 Å². The van der Waals surface area contributed by atoms with Crippen molar-refractivity contribution in [3.8, 4) is 0 Å². The molecule has 2 N–H and O–H groups in total. The molecule has 0 bridgehead atoms. The van der Waals surface area contributed by atoms with Gasteiger partial charge in [-0.2, -0.15) is 11.8 Å². The lowest BCUT2D eigenvalue weighted by Crippen LogP contribution is -2.56. The molecule has 1 aromatic rings. The maximum atomic E-state index is 11.8. The predicted octanol–water partition coefficient (Wildman–Crippen LogP) is 3.38. The maximum absolute atomic E-state index is 11.8. The van der Waals surface area contributed by atoms with Gasteiger partial charge in [-0.25, -0.2) is 0 Å². The molecule has 0 aromatic heterocycles. The van der Waals surface area contributed by atoms with Crippen LogP contribution in [0, 0.1) is 19.8 Å². The molecule has 1 fully saturated rings. The van der Waals surface area contributed by atoms with E-state index in [0.29, 0.717) is 18.2 Å². The van der Waals surface area contributed by atoms with E-state index in [1.54, 1.807) is 11.8 Å². The molecule has 3 nitrogen and oxygen atoms in total. The summed E-state index contributed by atoms with van der Waals surface area (Å²) in [6.45, 7) is 6.89. The van der Waals surface area contributed by atoms with Crippen LogP contribution in [0.1, 0.15) is 36.5 Å². The molecule has 1 unspecified atom stereocenters. The molecule has 4 heteroatoms. The van der Waals surface area contributed by atoms with E-state index in [2.05, 4.69) is 37.4 Å². The van der Waals surface area contributed by atoms with E-state index in [9.17, 15) is 9.90 Å². The van der Waals surface area contributed by atoms with Gasteiger partial charge in [0.15, 0.2) is 0 Å². The van der Waals surface area contributed by atoms with Crippen LogP contribution in [0.2, 0.25) is 0 Å². The Morgan fingerprint density at radius 2 is 1.95 bits per heavy atom. The number of benzene rings is 1. The third-order valence-electron chi connectivity index (χ3n) is 4.03. The second-order valence-electron chi connectivity index (χ2n) is 6.07. The van der Waals surface area contributed by atoms with Crippen molar-refractivity contribution in [2.45, 2.75) is 44.9 Å². The fourth-order valence-corrected chi connectivity index (χ4v) is 4.29. The summed E-state index contributed by atoms with van der Waals surface area (Å²) in [6.07, 6.45) is 2.06. The van der Waals surface area contributed by atoms with E-state index in [1.165, 1.54) is 16.7 Å². The molecule has 1 saturated carbocycles. The van der Waals surface area contributed by atoms with E-state index >= 15 is 0 Å². The van der Waals surface area contributed by atoms with Crippen molar-refractivity contribution in [3.63, 3.8) is 0 Å². The van der Waals surface area contributed by atoms with Gasteiger partial charge in [-0.3, -0.25) is 4.79 Å². The van der Waals surface area contributed by atoms with Gasteiger partial charge in [-0.05, 0) is 44.7 Å². The second kappa shape index (κ2) is 6.84. The molecule has 0 aliphatic heterocycles. The van der Waals surface area contributed by atoms with Crippen LogP contribution in [-0.4, -0.2) is 28.9 Å². The van der Waals surface area contributed by atoms with Gasteiger partial charge in [0.25, 0.3) is 0 Å². The molecule has 0 radical (unpaired) electrons. The number of aryl methyl sites for hydroxylation is 2. The smallest absolute Gasteiger partial charge is 0.325 e. The van der Waals surface area contributed by atoms with Gasteiger partial charge in [0.1, 0.15) is 5.54 Å². The van der Waals surface area contributed by atoms with Gasteiger partial charge in [0.2, 0.25) is 0 Å². The number of likely N-dealkylation sites (N-methyl/N-ethyl adjacent to an activating group) is 1. The van der Waals surface area contributed by atoms with Crippen LogP contribution in [0.15, 0.2) is 18.2 Å². The van der Waals surface area contributed by atoms with Gasteiger partial charge in [-0.15, -0.1) is 0 Å². The van der Waals surface area contributed by atoms with Crippen molar-refractivity contribution in [1.82, 2.24) is 5.32 Å². The normalized spacial score (nSPS) is 17.5. The Morgan fingerprint density at radius 1 is 1.33 bits per heavy atom. The van der Waals surface area contributed by atoms with Crippen molar-refractivity contribution in [3.05, 3.63) is 34.9 Å². The zero-order valence-corrected chi connectivity index (χ0v) is 13.9. The van der Waals surface area contributed by atoms with Gasteiger partial charge in [0, 0.05) is 11.5 Å². The first-order valence-electron chi connectivity index (χ1n) is 7.61. The molecule has 116 valence electrons. The number of carboxylic acids is 1. The number of carboxylic acid groups (broad SMARTS) is 1. The Labute approximate surface area is 131 Å². The van der Waals surface area contributed by atoms with Crippen molar-refractivity contribution >= 4 is 17.7 Å². The van der Waals surface area contributed by atoms with Crippen LogP contribution in [-0.2, 0) is 10.5 Å². The first kappa shape index (κ1) is 16.4. The number of thioether (sulfide) groups is 1. The van der Waals surface area contributed by atoms with E-state index in [1.807, 2.05) is 6.92 Å². The SMILES string of the molecule is CCNC(CSCc1cc(C)cc(C)c1)(C(=O)O)C1CC1. The maximum Gasteiger partial charge on any atom is 0.325 e. The van der Waals surface area contributed by atoms with E-state index in [-0.39, 0.29) is 0 Å². The minimum atomic E-state index is -0.738. The van der Waals surface area contributed by atoms with E-state index in [4.69, 9.17) is 0 Å². The fourth-order valence-electron chi connectivity index (χ4n) is 3.00. The van der Waals surface area contributed by atoms with Crippen molar-refractivity contribution in [2.75, 3.05) is 12.3 Å². The lowest BCUT2D eigenvalue weighted by Gasteiger charge is -2.30. The van der Waals surface area contributed by atoms with Crippen LogP contribution in [0.25, 0.3) is 0 Å². The zero-order chi connectivity index (χ0) is 15.5. The topological polar surface area (TPSA) is 49.3 Å². The quantitative estimate of drug-likeness (QED) is 0.773. The summed E-state index contributed by atoms with van der Waals surface area (Å²) in [6, 6.07) is 6.54. The highest BCUT2D eigenvalue weighted by Crippen LogP contribution is 2.42. The van der Waals surface area contributed by atoms with Crippen molar-refractivity contribution in [1.29, 1.82) is 0 Å². The Hall–Kier alpha value is -1.00. The predicted molar refractivity (Wildman–Crippen MR) is 88.8 cm³/mol. The largest absolute Gasteiger partial charge is 0.480 e. The van der Waals surface area contributed by atoms with Crippen LogP contribution < -0.4 is 5.32 Å². The lowest BCUT2D eigenvalue weighted by molar-refractivity contribution is -0.144. The summed E-state index contributed by atoms with van der Waals surface area (Å²) in [5, 5.41) is 12.9. The highest BCUT2D eigenvalue weighted by atomic mass is 32.2. The van der Waals surface area contributed by atoms with Crippen LogP contribution in [0.5, 0.6) is 0 Å². The number of hydrogen-bond donors (Lipinski definition) is 2. The summed E-state index contributed by atoms with van der Waals surface area (Å²) >= 11 is 1.72. The highest BCUT2D eigenvalue weighted by molar-refractivity contribution is 7.98. The summed E-state index contributed by atoms with van der Waals surface area (Å²) in [5.74, 6) is 1.10. The average Bonchev–Trinajstić information content (AvgIpc) is 3.20. The molecular formula is C17H25NO2S. The second-order valence-corrected chi connectivity index (χ2v) is 7.06. The standard InChI is InChI=1S/C17H25NO2S/c1-4-18-17(16(19)20,15-5-6-15)11-21-10-14-8-12(2)7-13(3)9-14/h7-9,15,18H,4-6,10-11H2,1-3H3,(H,19,20). The number of nitrogens with one attached hydrogen (secondary N) is 1. The average molecular weight is 307 g/mol. The summed E-state index contributed by atoms with van der Waals surface area (Å²) < 4.78 is 0. The molecule has 0 spiro atoms. The van der Waals surface area contributed by atoms with E-state index in [0.717, 1.165) is 18.6 Å². The summed E-state index contributed by atoms with van der Waals surface area (Å²) in [5.41, 5.74) is 3.08. The van der Waals surface area contributed by atoms with Crippen LogP contribution >= 0.6 is 11.8 Å². The molecular weight excluding hydrogens is 282 g/mol. The number of hydrogen-bond acceptors (Lipinski definition) is 3.